The van der Waals surface area contributed by atoms with Crippen molar-refractivity contribution in [1.29, 1.82) is 0 Å². The minimum Gasteiger partial charge on any atom is -0.326 e. The van der Waals surface area contributed by atoms with E-state index in [1.54, 1.807) is 13.0 Å². The lowest BCUT2D eigenvalue weighted by atomic mass is 10.0. The molecule has 1 fully saturated rings. The Bertz CT molecular complexity index is 455. The Labute approximate surface area is 115 Å². The van der Waals surface area contributed by atoms with Crippen LogP contribution in [0.3, 0.4) is 0 Å². The summed E-state index contributed by atoms with van der Waals surface area (Å²) in [6.07, 6.45) is 5.35. The zero-order valence-corrected chi connectivity index (χ0v) is 12.0. The molecule has 2 rings (SSSR count). The summed E-state index contributed by atoms with van der Waals surface area (Å²) < 4.78 is 13.6. The van der Waals surface area contributed by atoms with Crippen LogP contribution in [0.5, 0.6) is 0 Å². The van der Waals surface area contributed by atoms with Gasteiger partial charge in [-0.3, -0.25) is 4.79 Å². The van der Waals surface area contributed by atoms with Crippen LogP contribution in [-0.4, -0.2) is 5.91 Å². The van der Waals surface area contributed by atoms with Gasteiger partial charge in [0.05, 0.1) is 4.47 Å². The maximum absolute atomic E-state index is 13.3. The molecule has 0 saturated heterocycles. The van der Waals surface area contributed by atoms with Crippen LogP contribution in [0, 0.1) is 18.7 Å². The number of benzene rings is 1. The van der Waals surface area contributed by atoms with Crippen molar-refractivity contribution in [2.24, 2.45) is 5.92 Å². The molecule has 18 heavy (non-hydrogen) atoms. The summed E-state index contributed by atoms with van der Waals surface area (Å²) in [6.45, 7) is 1.79. The van der Waals surface area contributed by atoms with E-state index in [4.69, 9.17) is 0 Å². The van der Waals surface area contributed by atoms with Crippen LogP contribution < -0.4 is 5.32 Å². The number of amides is 1. The average Bonchev–Trinajstić information content (AvgIpc) is 2.78. The molecule has 0 aliphatic heterocycles. The molecule has 1 saturated carbocycles. The number of carbonyl (C=O) groups excluding carboxylic acids is 1. The fraction of sp³-hybridized carbons (Fsp3) is 0.500. The second-order valence-corrected chi connectivity index (χ2v) is 5.84. The normalized spacial score (nSPS) is 15.9. The Morgan fingerprint density at radius 3 is 2.78 bits per heavy atom. The van der Waals surface area contributed by atoms with E-state index >= 15 is 0 Å². The number of hydrogen-bond donors (Lipinski definition) is 1. The molecule has 1 aromatic carbocycles. The lowest BCUT2D eigenvalue weighted by Gasteiger charge is -2.12. The van der Waals surface area contributed by atoms with Gasteiger partial charge in [0.25, 0.3) is 0 Å². The highest BCUT2D eigenvalue weighted by Gasteiger charge is 2.19. The average molecular weight is 314 g/mol. The molecule has 1 aliphatic carbocycles. The maximum Gasteiger partial charge on any atom is 0.224 e. The first-order chi connectivity index (χ1) is 8.56. The van der Waals surface area contributed by atoms with Crippen molar-refractivity contribution in [2.75, 3.05) is 5.32 Å². The van der Waals surface area contributed by atoms with Gasteiger partial charge in [-0.1, -0.05) is 12.8 Å². The zero-order valence-electron chi connectivity index (χ0n) is 10.4. The van der Waals surface area contributed by atoms with Crippen LogP contribution in [0.1, 0.15) is 37.7 Å². The molecule has 4 heteroatoms. The third-order valence-electron chi connectivity index (χ3n) is 3.49. The third-order valence-corrected chi connectivity index (χ3v) is 4.10. The second-order valence-electron chi connectivity index (χ2n) is 4.98. The van der Waals surface area contributed by atoms with Crippen LogP contribution in [0.4, 0.5) is 10.1 Å². The fourth-order valence-electron chi connectivity index (χ4n) is 2.46. The molecular weight excluding hydrogens is 297 g/mol. The molecule has 0 radical (unpaired) electrons. The summed E-state index contributed by atoms with van der Waals surface area (Å²) in [5.74, 6) is 0.249. The van der Waals surface area contributed by atoms with Crippen molar-refractivity contribution in [2.45, 2.75) is 39.0 Å². The molecule has 1 N–H and O–H groups in total. The number of rotatable bonds is 3. The Balaban J connectivity index is 2.00. The molecule has 0 aromatic heterocycles. The van der Waals surface area contributed by atoms with Gasteiger partial charge in [-0.25, -0.2) is 4.39 Å². The van der Waals surface area contributed by atoms with E-state index in [0.717, 1.165) is 18.4 Å². The van der Waals surface area contributed by atoms with E-state index in [1.807, 2.05) is 0 Å². The van der Waals surface area contributed by atoms with Gasteiger partial charge in [0.15, 0.2) is 0 Å². The Morgan fingerprint density at radius 1 is 1.44 bits per heavy atom. The first kappa shape index (κ1) is 13.5. The van der Waals surface area contributed by atoms with Crippen LogP contribution in [0.2, 0.25) is 0 Å². The van der Waals surface area contributed by atoms with Crippen molar-refractivity contribution in [3.63, 3.8) is 0 Å². The number of aryl methyl sites for hydroxylation is 1. The lowest BCUT2D eigenvalue weighted by molar-refractivity contribution is -0.117. The zero-order chi connectivity index (χ0) is 13.1. The van der Waals surface area contributed by atoms with Gasteiger partial charge in [-0.15, -0.1) is 0 Å². The van der Waals surface area contributed by atoms with Gasteiger partial charge in [0, 0.05) is 12.1 Å². The van der Waals surface area contributed by atoms with Crippen molar-refractivity contribution in [3.05, 3.63) is 28.0 Å². The van der Waals surface area contributed by atoms with Crippen molar-refractivity contribution >= 4 is 27.5 Å². The van der Waals surface area contributed by atoms with Crippen molar-refractivity contribution in [1.82, 2.24) is 0 Å². The minimum atomic E-state index is -0.304. The summed E-state index contributed by atoms with van der Waals surface area (Å²) in [6, 6.07) is 3.05. The molecule has 2 nitrogen and oxygen atoms in total. The lowest BCUT2D eigenvalue weighted by Crippen LogP contribution is -2.15. The number of anilines is 1. The van der Waals surface area contributed by atoms with Crippen molar-refractivity contribution in [3.8, 4) is 0 Å². The number of halogens is 2. The molecule has 0 heterocycles. The maximum atomic E-state index is 13.3. The first-order valence-corrected chi connectivity index (χ1v) is 7.11. The van der Waals surface area contributed by atoms with Crippen molar-refractivity contribution < 1.29 is 9.18 Å². The van der Waals surface area contributed by atoms with Gasteiger partial charge < -0.3 is 5.32 Å². The van der Waals surface area contributed by atoms with Gasteiger partial charge in [-0.05, 0) is 59.3 Å². The predicted octanol–water partition coefficient (Wildman–Crippen LogP) is 4.42. The van der Waals surface area contributed by atoms with Gasteiger partial charge in [-0.2, -0.15) is 0 Å². The van der Waals surface area contributed by atoms with Crippen LogP contribution in [0.25, 0.3) is 0 Å². The molecule has 1 aromatic rings. The molecule has 1 amide bonds. The van der Waals surface area contributed by atoms with E-state index < -0.39 is 0 Å². The Hall–Kier alpha value is -0.900. The topological polar surface area (TPSA) is 29.1 Å². The van der Waals surface area contributed by atoms with E-state index in [-0.39, 0.29) is 11.7 Å². The summed E-state index contributed by atoms with van der Waals surface area (Å²) in [4.78, 5) is 11.9. The molecule has 0 bridgehead atoms. The van der Waals surface area contributed by atoms with Gasteiger partial charge in [0.2, 0.25) is 5.91 Å². The number of carbonyl (C=O) groups is 1. The van der Waals surface area contributed by atoms with Crippen LogP contribution in [-0.2, 0) is 4.79 Å². The summed E-state index contributed by atoms with van der Waals surface area (Å²) in [5, 5.41) is 2.87. The van der Waals surface area contributed by atoms with Crippen LogP contribution in [0.15, 0.2) is 16.6 Å². The highest BCUT2D eigenvalue weighted by molar-refractivity contribution is 9.10. The summed E-state index contributed by atoms with van der Waals surface area (Å²) in [5.41, 5.74) is 1.43. The molecule has 0 atom stereocenters. The molecule has 0 unspecified atom stereocenters. The first-order valence-electron chi connectivity index (χ1n) is 6.32. The summed E-state index contributed by atoms with van der Waals surface area (Å²) >= 11 is 3.13. The second kappa shape index (κ2) is 5.83. The quantitative estimate of drug-likeness (QED) is 0.879. The van der Waals surface area contributed by atoms with Crippen LogP contribution >= 0.6 is 15.9 Å². The standard InChI is InChI=1S/C14H17BrFNO/c1-9-6-12(16)11(15)8-13(9)17-14(18)7-10-4-2-3-5-10/h6,8,10H,2-5,7H2,1H3,(H,17,18). The monoisotopic (exact) mass is 313 g/mol. The molecule has 98 valence electrons. The smallest absolute Gasteiger partial charge is 0.224 e. The number of hydrogen-bond acceptors (Lipinski definition) is 1. The third kappa shape index (κ3) is 3.31. The summed E-state index contributed by atoms with van der Waals surface area (Å²) in [7, 11) is 0. The van der Waals surface area contributed by atoms with E-state index in [2.05, 4.69) is 21.2 Å². The largest absolute Gasteiger partial charge is 0.326 e. The highest BCUT2D eigenvalue weighted by atomic mass is 79.9. The molecule has 1 aliphatic rings. The van der Waals surface area contributed by atoms with E-state index in [9.17, 15) is 9.18 Å². The van der Waals surface area contributed by atoms with E-state index in [1.165, 1.54) is 18.9 Å². The Kier molecular flexibility index (Phi) is 4.38. The fourth-order valence-corrected chi connectivity index (χ4v) is 2.80. The molecular formula is C14H17BrFNO. The molecule has 0 spiro atoms. The van der Waals surface area contributed by atoms with E-state index in [0.29, 0.717) is 22.5 Å². The SMILES string of the molecule is Cc1cc(F)c(Br)cc1NC(=O)CC1CCCC1. The Morgan fingerprint density at radius 2 is 2.11 bits per heavy atom. The number of nitrogens with one attached hydrogen (secondary N) is 1. The highest BCUT2D eigenvalue weighted by Crippen LogP contribution is 2.29. The predicted molar refractivity (Wildman–Crippen MR) is 74.0 cm³/mol. The van der Waals surface area contributed by atoms with Gasteiger partial charge in [0.1, 0.15) is 5.82 Å². The van der Waals surface area contributed by atoms with Gasteiger partial charge >= 0.3 is 0 Å². The minimum absolute atomic E-state index is 0.0310.